The number of phenolic OH excluding ortho intramolecular Hbond substituents is 2. The lowest BCUT2D eigenvalue weighted by atomic mass is 10.2. The predicted octanol–water partition coefficient (Wildman–Crippen LogP) is 2.53. The van der Waals surface area contributed by atoms with Gasteiger partial charge in [-0.3, -0.25) is 0 Å². The molecule has 1 aromatic carbocycles. The fourth-order valence-corrected chi connectivity index (χ4v) is 1.86. The van der Waals surface area contributed by atoms with Gasteiger partial charge in [0.05, 0.1) is 0 Å². The number of phenols is 2. The summed E-state index contributed by atoms with van der Waals surface area (Å²) in [7, 11) is 0. The molecular weight excluding hydrogens is 258 g/mol. The minimum absolute atomic E-state index is 0. The molecule has 0 amide bonds. The van der Waals surface area contributed by atoms with Crippen molar-refractivity contribution in [2.24, 2.45) is 0 Å². The maximum absolute atomic E-state index is 9.51. The molecule has 5 heteroatoms. The number of nitrogens with one attached hydrogen (secondary N) is 1. The highest BCUT2D eigenvalue weighted by atomic mass is 35.5. The molecular formula is C12H18ClNO2S. The average Bonchev–Trinajstić information content (AvgIpc) is 2.26. The molecule has 0 aliphatic heterocycles. The highest BCUT2D eigenvalue weighted by molar-refractivity contribution is 7.99. The first-order valence-electron chi connectivity index (χ1n) is 5.14. The van der Waals surface area contributed by atoms with Gasteiger partial charge in [-0.25, -0.2) is 0 Å². The van der Waals surface area contributed by atoms with E-state index in [4.69, 9.17) is 5.11 Å². The monoisotopic (exact) mass is 275 g/mol. The Balaban J connectivity index is 0.00000256. The van der Waals surface area contributed by atoms with Crippen LogP contribution in [0.3, 0.4) is 0 Å². The minimum atomic E-state index is 0. The van der Waals surface area contributed by atoms with Crippen LogP contribution in [-0.4, -0.2) is 28.3 Å². The van der Waals surface area contributed by atoms with Gasteiger partial charge in [0.2, 0.25) is 0 Å². The number of benzene rings is 1. The van der Waals surface area contributed by atoms with E-state index in [1.165, 1.54) is 6.07 Å². The number of rotatable bonds is 7. The van der Waals surface area contributed by atoms with Gasteiger partial charge >= 0.3 is 0 Å². The lowest BCUT2D eigenvalue weighted by Crippen LogP contribution is -2.16. The maximum atomic E-state index is 9.51. The van der Waals surface area contributed by atoms with Crippen molar-refractivity contribution in [3.8, 4) is 11.5 Å². The van der Waals surface area contributed by atoms with Gasteiger partial charge in [-0.15, -0.1) is 19.0 Å². The molecule has 0 saturated carbocycles. The molecule has 0 aromatic heterocycles. The van der Waals surface area contributed by atoms with E-state index in [1.54, 1.807) is 12.1 Å². The van der Waals surface area contributed by atoms with Crippen LogP contribution >= 0.6 is 24.2 Å². The summed E-state index contributed by atoms with van der Waals surface area (Å²) in [6.45, 7) is 5.15. The Hall–Kier alpha value is -0.840. The first-order valence-corrected chi connectivity index (χ1v) is 6.29. The van der Waals surface area contributed by atoms with Crippen LogP contribution in [0, 0.1) is 0 Å². The summed E-state index contributed by atoms with van der Waals surface area (Å²) in [4.78, 5) is 0. The summed E-state index contributed by atoms with van der Waals surface area (Å²) >= 11 is 1.81. The number of halogens is 1. The standard InChI is InChI=1S/C12H17NO2S.ClH/c1-2-6-16-7-5-13-9-10-3-4-11(14)8-12(10)15;/h2-4,8,13-15H,1,5-7,9H2;1H. The molecule has 1 aromatic rings. The molecule has 0 atom stereocenters. The predicted molar refractivity (Wildman–Crippen MR) is 76.2 cm³/mol. The van der Waals surface area contributed by atoms with Gasteiger partial charge in [0.15, 0.2) is 0 Å². The highest BCUT2D eigenvalue weighted by Crippen LogP contribution is 2.22. The van der Waals surface area contributed by atoms with E-state index in [0.29, 0.717) is 6.54 Å². The number of hydrogen-bond acceptors (Lipinski definition) is 4. The van der Waals surface area contributed by atoms with Crippen molar-refractivity contribution < 1.29 is 10.2 Å². The molecule has 0 spiro atoms. The van der Waals surface area contributed by atoms with Gasteiger partial charge in [-0.05, 0) is 6.07 Å². The van der Waals surface area contributed by atoms with Crippen molar-refractivity contribution in [1.82, 2.24) is 5.32 Å². The third kappa shape index (κ3) is 6.46. The highest BCUT2D eigenvalue weighted by Gasteiger charge is 2.01. The summed E-state index contributed by atoms with van der Waals surface area (Å²) in [6.07, 6.45) is 1.89. The van der Waals surface area contributed by atoms with Crippen LogP contribution in [0.15, 0.2) is 30.9 Å². The van der Waals surface area contributed by atoms with Crippen LogP contribution < -0.4 is 5.32 Å². The van der Waals surface area contributed by atoms with Crippen LogP contribution in [0.4, 0.5) is 0 Å². The summed E-state index contributed by atoms with van der Waals surface area (Å²) in [5.74, 6) is 2.20. The Bertz CT molecular complexity index is 347. The number of aromatic hydroxyl groups is 2. The zero-order valence-electron chi connectivity index (χ0n) is 9.56. The molecule has 3 N–H and O–H groups in total. The maximum Gasteiger partial charge on any atom is 0.123 e. The first kappa shape index (κ1) is 16.2. The van der Waals surface area contributed by atoms with Gasteiger partial charge in [0.1, 0.15) is 11.5 Å². The molecule has 0 radical (unpaired) electrons. The molecule has 0 saturated heterocycles. The van der Waals surface area contributed by atoms with E-state index in [-0.39, 0.29) is 23.9 Å². The van der Waals surface area contributed by atoms with Crippen LogP contribution in [-0.2, 0) is 6.54 Å². The van der Waals surface area contributed by atoms with Gasteiger partial charge in [0, 0.05) is 36.2 Å². The molecule has 0 aliphatic carbocycles. The molecule has 3 nitrogen and oxygen atoms in total. The normalized spacial score (nSPS) is 9.65. The number of hydrogen-bond donors (Lipinski definition) is 3. The summed E-state index contributed by atoms with van der Waals surface area (Å²) in [6, 6.07) is 4.64. The Morgan fingerprint density at radius 2 is 2.12 bits per heavy atom. The SMILES string of the molecule is C=CCSCCNCc1ccc(O)cc1O.Cl. The average molecular weight is 276 g/mol. The minimum Gasteiger partial charge on any atom is -0.508 e. The van der Waals surface area contributed by atoms with E-state index >= 15 is 0 Å². The molecule has 0 fully saturated rings. The van der Waals surface area contributed by atoms with Crippen LogP contribution in [0.2, 0.25) is 0 Å². The van der Waals surface area contributed by atoms with E-state index in [2.05, 4.69) is 11.9 Å². The summed E-state index contributed by atoms with van der Waals surface area (Å²) in [5, 5.41) is 21.9. The molecule has 0 bridgehead atoms. The van der Waals surface area contributed by atoms with Gasteiger partial charge in [0.25, 0.3) is 0 Å². The van der Waals surface area contributed by atoms with Crippen molar-refractivity contribution in [2.75, 3.05) is 18.1 Å². The topological polar surface area (TPSA) is 52.5 Å². The van der Waals surface area contributed by atoms with E-state index < -0.39 is 0 Å². The van der Waals surface area contributed by atoms with E-state index in [0.717, 1.165) is 23.6 Å². The van der Waals surface area contributed by atoms with Crippen LogP contribution in [0.5, 0.6) is 11.5 Å². The molecule has 96 valence electrons. The molecule has 0 unspecified atom stereocenters. The van der Waals surface area contributed by atoms with E-state index in [1.807, 2.05) is 17.8 Å². The Labute approximate surface area is 112 Å². The van der Waals surface area contributed by atoms with Gasteiger partial charge < -0.3 is 15.5 Å². The quantitative estimate of drug-likeness (QED) is 0.529. The summed E-state index contributed by atoms with van der Waals surface area (Å²) < 4.78 is 0. The second-order valence-electron chi connectivity index (χ2n) is 3.35. The van der Waals surface area contributed by atoms with E-state index in [9.17, 15) is 5.11 Å². The third-order valence-corrected chi connectivity index (χ3v) is 3.01. The van der Waals surface area contributed by atoms with Crippen molar-refractivity contribution >= 4 is 24.2 Å². The van der Waals surface area contributed by atoms with Crippen molar-refractivity contribution in [2.45, 2.75) is 6.54 Å². The Kier molecular flexibility index (Phi) is 8.76. The fourth-order valence-electron chi connectivity index (χ4n) is 1.24. The largest absolute Gasteiger partial charge is 0.508 e. The second kappa shape index (κ2) is 9.22. The number of thioether (sulfide) groups is 1. The van der Waals surface area contributed by atoms with Crippen molar-refractivity contribution in [1.29, 1.82) is 0 Å². The molecule has 0 heterocycles. The molecule has 17 heavy (non-hydrogen) atoms. The van der Waals surface area contributed by atoms with Gasteiger partial charge in [-0.2, -0.15) is 11.8 Å². The first-order chi connectivity index (χ1) is 7.74. The Morgan fingerprint density at radius 1 is 1.35 bits per heavy atom. The lowest BCUT2D eigenvalue weighted by Gasteiger charge is -2.06. The molecule has 1 rings (SSSR count). The lowest BCUT2D eigenvalue weighted by molar-refractivity contribution is 0.444. The van der Waals surface area contributed by atoms with Crippen LogP contribution in [0.1, 0.15) is 5.56 Å². The van der Waals surface area contributed by atoms with Crippen LogP contribution in [0.25, 0.3) is 0 Å². The van der Waals surface area contributed by atoms with Crippen molar-refractivity contribution in [3.05, 3.63) is 36.4 Å². The molecule has 0 aliphatic rings. The van der Waals surface area contributed by atoms with Crippen molar-refractivity contribution in [3.63, 3.8) is 0 Å². The smallest absolute Gasteiger partial charge is 0.123 e. The zero-order chi connectivity index (χ0) is 11.8. The zero-order valence-corrected chi connectivity index (χ0v) is 11.2. The fraction of sp³-hybridized carbons (Fsp3) is 0.333. The van der Waals surface area contributed by atoms with Gasteiger partial charge in [-0.1, -0.05) is 12.1 Å². The summed E-state index contributed by atoms with van der Waals surface area (Å²) in [5.41, 5.74) is 0.798. The Morgan fingerprint density at radius 3 is 2.76 bits per heavy atom. The second-order valence-corrected chi connectivity index (χ2v) is 4.50. The third-order valence-electron chi connectivity index (χ3n) is 2.04.